The summed E-state index contributed by atoms with van der Waals surface area (Å²) in [6.45, 7) is 3.72. The van der Waals surface area contributed by atoms with Crippen molar-refractivity contribution in [3.63, 3.8) is 0 Å². The quantitative estimate of drug-likeness (QED) is 0.778. The molecule has 0 heterocycles. The van der Waals surface area contributed by atoms with Gasteiger partial charge in [-0.25, -0.2) is 9.59 Å². The van der Waals surface area contributed by atoms with Gasteiger partial charge in [-0.3, -0.25) is 0 Å². The predicted molar refractivity (Wildman–Crippen MR) is 79.2 cm³/mol. The van der Waals surface area contributed by atoms with E-state index in [2.05, 4.69) is 10.6 Å². The van der Waals surface area contributed by atoms with Crippen LogP contribution in [0, 0.1) is 17.2 Å². The molecule has 0 bridgehead atoms. The molecule has 0 aliphatic heterocycles. The second kappa shape index (κ2) is 7.50. The van der Waals surface area contributed by atoms with Gasteiger partial charge >= 0.3 is 12.0 Å². The Morgan fingerprint density at radius 1 is 1.43 bits per heavy atom. The number of nitrogens with one attached hydrogen (secondary N) is 2. The van der Waals surface area contributed by atoms with Gasteiger partial charge in [0.25, 0.3) is 0 Å². The van der Waals surface area contributed by atoms with Crippen molar-refractivity contribution < 1.29 is 14.7 Å². The molecule has 3 N–H and O–H groups in total. The highest BCUT2D eigenvalue weighted by Gasteiger charge is 2.21. The highest BCUT2D eigenvalue weighted by molar-refractivity contribution is 6.31. The molecule has 112 valence electrons. The van der Waals surface area contributed by atoms with Crippen LogP contribution in [0.5, 0.6) is 0 Å². The minimum Gasteiger partial charge on any atom is -0.480 e. The lowest BCUT2D eigenvalue weighted by Gasteiger charge is -2.17. The zero-order valence-electron chi connectivity index (χ0n) is 11.7. The Hall–Kier alpha value is -2.26. The van der Waals surface area contributed by atoms with Crippen molar-refractivity contribution in [2.24, 2.45) is 5.92 Å². The summed E-state index contributed by atoms with van der Waals surface area (Å²) >= 11 is 5.81. The normalized spacial score (nSPS) is 11.6. The third kappa shape index (κ3) is 5.32. The molecule has 0 aliphatic carbocycles. The van der Waals surface area contributed by atoms with E-state index in [0.29, 0.717) is 11.4 Å². The number of aliphatic carboxylic acids is 1. The van der Waals surface area contributed by atoms with Gasteiger partial charge in [0.05, 0.1) is 11.3 Å². The van der Waals surface area contributed by atoms with E-state index in [1.807, 2.05) is 19.9 Å². The van der Waals surface area contributed by atoms with Crippen LogP contribution in [0.3, 0.4) is 0 Å². The van der Waals surface area contributed by atoms with E-state index in [1.54, 1.807) is 0 Å². The van der Waals surface area contributed by atoms with Crippen molar-refractivity contribution in [1.29, 1.82) is 5.26 Å². The standard InChI is InChI=1S/C14H16ClN3O3/c1-8(2)5-12(13(19)20)18-14(21)17-11-6-10(15)4-3-9(11)7-16/h3-4,6,8,12H,5H2,1-2H3,(H,19,20)(H2,17,18,21)/t12-/m1/s1. The molecule has 0 aromatic heterocycles. The Bertz CT molecular complexity index is 581. The largest absolute Gasteiger partial charge is 0.480 e. The number of amides is 2. The number of carboxylic acid groups (broad SMARTS) is 1. The average molecular weight is 310 g/mol. The Morgan fingerprint density at radius 2 is 2.10 bits per heavy atom. The van der Waals surface area contributed by atoms with E-state index in [-0.39, 0.29) is 17.2 Å². The molecular formula is C14H16ClN3O3. The fraction of sp³-hybridized carbons (Fsp3) is 0.357. The lowest BCUT2D eigenvalue weighted by Crippen LogP contribution is -2.43. The molecule has 0 unspecified atom stereocenters. The molecule has 2 amide bonds. The summed E-state index contributed by atoms with van der Waals surface area (Å²) in [4.78, 5) is 22.9. The summed E-state index contributed by atoms with van der Waals surface area (Å²) in [6, 6.07) is 4.67. The molecule has 0 saturated carbocycles. The van der Waals surface area contributed by atoms with E-state index < -0.39 is 18.0 Å². The van der Waals surface area contributed by atoms with Gasteiger partial charge in [0, 0.05) is 5.02 Å². The van der Waals surface area contributed by atoms with Crippen molar-refractivity contribution in [2.45, 2.75) is 26.3 Å². The lowest BCUT2D eigenvalue weighted by molar-refractivity contribution is -0.139. The Kier molecular flexibility index (Phi) is 6.00. The summed E-state index contributed by atoms with van der Waals surface area (Å²) in [7, 11) is 0. The monoisotopic (exact) mass is 309 g/mol. The molecule has 1 rings (SSSR count). The van der Waals surface area contributed by atoms with Crippen LogP contribution in [0.2, 0.25) is 5.02 Å². The van der Waals surface area contributed by atoms with Crippen molar-refractivity contribution in [2.75, 3.05) is 5.32 Å². The molecule has 1 aromatic carbocycles. The van der Waals surface area contributed by atoms with Crippen LogP contribution in [0.4, 0.5) is 10.5 Å². The Balaban J connectivity index is 2.79. The number of anilines is 1. The molecule has 21 heavy (non-hydrogen) atoms. The van der Waals surface area contributed by atoms with E-state index in [0.717, 1.165) is 0 Å². The zero-order chi connectivity index (χ0) is 16.0. The molecule has 1 aromatic rings. The third-order valence-electron chi connectivity index (χ3n) is 2.66. The number of halogens is 1. The lowest BCUT2D eigenvalue weighted by atomic mass is 10.0. The molecule has 1 atom stereocenters. The number of hydrogen-bond donors (Lipinski definition) is 3. The number of rotatable bonds is 5. The van der Waals surface area contributed by atoms with Gasteiger partial charge in [-0.1, -0.05) is 25.4 Å². The summed E-state index contributed by atoms with van der Waals surface area (Å²) in [5.41, 5.74) is 0.474. The van der Waals surface area contributed by atoms with Crippen LogP contribution in [0.1, 0.15) is 25.8 Å². The first-order chi connectivity index (χ1) is 9.83. The SMILES string of the molecule is CC(C)C[C@@H](NC(=O)Nc1cc(Cl)ccc1C#N)C(=O)O. The van der Waals surface area contributed by atoms with Gasteiger partial charge < -0.3 is 15.7 Å². The molecule has 0 spiro atoms. The van der Waals surface area contributed by atoms with Gasteiger partial charge in [0.15, 0.2) is 0 Å². The molecule has 7 heteroatoms. The summed E-state index contributed by atoms with van der Waals surface area (Å²) in [5.74, 6) is -0.988. The van der Waals surface area contributed by atoms with Gasteiger partial charge in [-0.15, -0.1) is 0 Å². The molecule has 0 aliphatic rings. The minimum atomic E-state index is -1.11. The molecule has 0 radical (unpaired) electrons. The zero-order valence-corrected chi connectivity index (χ0v) is 12.4. The maximum Gasteiger partial charge on any atom is 0.326 e. The summed E-state index contributed by atoms with van der Waals surface area (Å²) in [6.07, 6.45) is 0.309. The third-order valence-corrected chi connectivity index (χ3v) is 2.90. The van der Waals surface area contributed by atoms with Crippen molar-refractivity contribution >= 4 is 29.3 Å². The van der Waals surface area contributed by atoms with E-state index in [1.165, 1.54) is 18.2 Å². The van der Waals surface area contributed by atoms with Crippen LogP contribution in [0.15, 0.2) is 18.2 Å². The fourth-order valence-corrected chi connectivity index (χ4v) is 1.90. The van der Waals surface area contributed by atoms with Crippen LogP contribution in [0.25, 0.3) is 0 Å². The van der Waals surface area contributed by atoms with Crippen LogP contribution < -0.4 is 10.6 Å². The van der Waals surface area contributed by atoms with Gasteiger partial charge in [-0.2, -0.15) is 5.26 Å². The number of carbonyl (C=O) groups excluding carboxylic acids is 1. The van der Waals surface area contributed by atoms with E-state index in [9.17, 15) is 9.59 Å². The Morgan fingerprint density at radius 3 is 2.62 bits per heavy atom. The highest BCUT2D eigenvalue weighted by atomic mass is 35.5. The first kappa shape index (κ1) is 16.8. The van der Waals surface area contributed by atoms with Gasteiger partial charge in [0.1, 0.15) is 12.1 Å². The van der Waals surface area contributed by atoms with Gasteiger partial charge in [0.2, 0.25) is 0 Å². The number of nitriles is 1. The first-order valence-corrected chi connectivity index (χ1v) is 6.71. The maximum absolute atomic E-state index is 11.9. The average Bonchev–Trinajstić information content (AvgIpc) is 2.37. The van der Waals surface area contributed by atoms with Crippen LogP contribution >= 0.6 is 11.6 Å². The number of carboxylic acids is 1. The molecule has 0 saturated heterocycles. The molecular weight excluding hydrogens is 294 g/mol. The van der Waals surface area contributed by atoms with Crippen molar-refractivity contribution in [1.82, 2.24) is 5.32 Å². The fourth-order valence-electron chi connectivity index (χ4n) is 1.73. The minimum absolute atomic E-state index is 0.118. The smallest absolute Gasteiger partial charge is 0.326 e. The predicted octanol–water partition coefficient (Wildman–Crippen LogP) is 2.83. The number of nitrogens with zero attached hydrogens (tertiary/aromatic N) is 1. The van der Waals surface area contributed by atoms with Gasteiger partial charge in [-0.05, 0) is 30.5 Å². The maximum atomic E-state index is 11.9. The van der Waals surface area contributed by atoms with E-state index >= 15 is 0 Å². The number of carbonyl (C=O) groups is 2. The summed E-state index contributed by atoms with van der Waals surface area (Å²) in [5, 5.41) is 23.2. The second-order valence-corrected chi connectivity index (χ2v) is 5.36. The van der Waals surface area contributed by atoms with Crippen LogP contribution in [-0.4, -0.2) is 23.1 Å². The summed E-state index contributed by atoms with van der Waals surface area (Å²) < 4.78 is 0. The van der Waals surface area contributed by atoms with Crippen LogP contribution in [-0.2, 0) is 4.79 Å². The topological polar surface area (TPSA) is 102 Å². The number of benzene rings is 1. The van der Waals surface area contributed by atoms with Crippen molar-refractivity contribution in [3.05, 3.63) is 28.8 Å². The second-order valence-electron chi connectivity index (χ2n) is 4.92. The first-order valence-electron chi connectivity index (χ1n) is 6.33. The number of urea groups is 1. The van der Waals surface area contributed by atoms with Crippen molar-refractivity contribution in [3.8, 4) is 6.07 Å². The molecule has 0 fully saturated rings. The molecule has 6 nitrogen and oxygen atoms in total. The highest BCUT2D eigenvalue weighted by Crippen LogP contribution is 2.20. The number of hydrogen-bond acceptors (Lipinski definition) is 3. The van der Waals surface area contributed by atoms with E-state index in [4.69, 9.17) is 22.0 Å². The Labute approximate surface area is 127 Å².